The van der Waals surface area contributed by atoms with Crippen LogP contribution in [0.15, 0.2) is 29.6 Å². The topological polar surface area (TPSA) is 83.6 Å². The van der Waals surface area contributed by atoms with E-state index in [0.717, 1.165) is 0 Å². The Morgan fingerprint density at radius 2 is 2.00 bits per heavy atom. The molecule has 2 N–H and O–H groups in total. The first-order valence-electron chi connectivity index (χ1n) is 8.44. The van der Waals surface area contributed by atoms with Crippen molar-refractivity contribution in [3.63, 3.8) is 0 Å². The van der Waals surface area contributed by atoms with Crippen LogP contribution in [0.3, 0.4) is 0 Å². The predicted octanol–water partition coefficient (Wildman–Crippen LogP) is 3.62. The van der Waals surface area contributed by atoms with E-state index in [2.05, 4.69) is 15.6 Å². The molecule has 0 unspecified atom stereocenters. The zero-order chi connectivity index (χ0) is 19.8. The van der Waals surface area contributed by atoms with E-state index in [-0.39, 0.29) is 24.5 Å². The van der Waals surface area contributed by atoms with Crippen molar-refractivity contribution in [1.29, 1.82) is 0 Å². The summed E-state index contributed by atoms with van der Waals surface area (Å²) in [7, 11) is 1.58. The molecule has 0 spiro atoms. The molecule has 2 rings (SSSR count). The van der Waals surface area contributed by atoms with Crippen LogP contribution in [0.2, 0.25) is 5.02 Å². The number of rotatable bonds is 8. The van der Waals surface area contributed by atoms with Gasteiger partial charge in [0.1, 0.15) is 10.7 Å². The van der Waals surface area contributed by atoms with E-state index in [1.807, 2.05) is 13.8 Å². The highest BCUT2D eigenvalue weighted by molar-refractivity contribution is 7.09. The van der Waals surface area contributed by atoms with Gasteiger partial charge in [-0.1, -0.05) is 11.6 Å². The van der Waals surface area contributed by atoms with Crippen molar-refractivity contribution in [3.05, 3.63) is 45.4 Å². The lowest BCUT2D eigenvalue weighted by molar-refractivity contribution is 0.0938. The fraction of sp³-hybridized carbons (Fsp3) is 0.389. The van der Waals surface area contributed by atoms with E-state index in [0.29, 0.717) is 34.6 Å². The Balaban J connectivity index is 2.05. The van der Waals surface area contributed by atoms with Gasteiger partial charge in [0.25, 0.3) is 5.91 Å². The molecule has 0 aliphatic heterocycles. The molecule has 0 fully saturated rings. The number of hydrogen-bond donors (Lipinski definition) is 2. The van der Waals surface area contributed by atoms with Gasteiger partial charge in [-0.25, -0.2) is 9.78 Å². The summed E-state index contributed by atoms with van der Waals surface area (Å²) in [5, 5.41) is 8.59. The Hall–Kier alpha value is -2.16. The monoisotopic (exact) mass is 410 g/mol. The number of nitrogens with one attached hydrogen (secondary N) is 2. The highest BCUT2D eigenvalue weighted by atomic mass is 35.5. The zero-order valence-corrected chi connectivity index (χ0v) is 17.1. The van der Waals surface area contributed by atoms with Crippen LogP contribution in [0, 0.1) is 0 Å². The molecule has 1 aromatic carbocycles. The molecule has 2 aromatic rings. The van der Waals surface area contributed by atoms with Crippen LogP contribution < -0.4 is 10.6 Å². The molecule has 27 heavy (non-hydrogen) atoms. The Kier molecular flexibility index (Phi) is 8.02. The van der Waals surface area contributed by atoms with E-state index in [4.69, 9.17) is 16.3 Å². The smallest absolute Gasteiger partial charge is 0.322 e. The minimum absolute atomic E-state index is 0.0333. The van der Waals surface area contributed by atoms with Gasteiger partial charge in [0.05, 0.1) is 13.2 Å². The molecule has 7 nitrogen and oxygen atoms in total. The fourth-order valence-corrected chi connectivity index (χ4v) is 3.09. The number of carbonyl (C=O) groups is 2. The highest BCUT2D eigenvalue weighted by Crippen LogP contribution is 2.16. The molecular weight excluding hydrogens is 388 g/mol. The van der Waals surface area contributed by atoms with Crippen LogP contribution in [0.1, 0.15) is 29.3 Å². The number of urea groups is 1. The number of aromatic nitrogens is 1. The Bertz CT molecular complexity index is 764. The molecule has 0 radical (unpaired) electrons. The number of hydrogen-bond acceptors (Lipinski definition) is 5. The van der Waals surface area contributed by atoms with Crippen molar-refractivity contribution in [1.82, 2.24) is 15.2 Å². The van der Waals surface area contributed by atoms with Crippen molar-refractivity contribution in [2.24, 2.45) is 0 Å². The predicted molar refractivity (Wildman–Crippen MR) is 107 cm³/mol. The van der Waals surface area contributed by atoms with Crippen molar-refractivity contribution in [2.75, 3.05) is 25.6 Å². The van der Waals surface area contributed by atoms with Crippen molar-refractivity contribution < 1.29 is 14.3 Å². The number of benzene rings is 1. The second-order valence-electron chi connectivity index (χ2n) is 6.11. The van der Waals surface area contributed by atoms with Crippen molar-refractivity contribution >= 4 is 40.6 Å². The van der Waals surface area contributed by atoms with E-state index in [9.17, 15) is 9.59 Å². The molecule has 0 bridgehead atoms. The number of anilines is 1. The van der Waals surface area contributed by atoms with Gasteiger partial charge in [0.2, 0.25) is 0 Å². The van der Waals surface area contributed by atoms with Gasteiger partial charge in [0, 0.05) is 35.8 Å². The second kappa shape index (κ2) is 10.2. The SMILES string of the molecule is COCCN(Cc1nc(C(=O)NC(C)C)cs1)C(=O)Nc1ccc(Cl)cc1. The number of nitrogens with zero attached hydrogens (tertiary/aromatic N) is 2. The van der Waals surface area contributed by atoms with Gasteiger partial charge >= 0.3 is 6.03 Å². The average molecular weight is 411 g/mol. The highest BCUT2D eigenvalue weighted by Gasteiger charge is 2.18. The number of thiazole rings is 1. The van der Waals surface area contributed by atoms with E-state index < -0.39 is 0 Å². The molecule has 3 amide bonds. The molecule has 1 heterocycles. The first-order chi connectivity index (χ1) is 12.9. The normalized spacial score (nSPS) is 10.7. The lowest BCUT2D eigenvalue weighted by atomic mass is 10.3. The standard InChI is InChI=1S/C18H23ClN4O3S/c1-12(2)20-17(24)15-11-27-16(22-15)10-23(8-9-26-3)18(25)21-14-6-4-13(19)5-7-14/h4-7,11-12H,8-10H2,1-3H3,(H,20,24)(H,21,25). The van der Waals surface area contributed by atoms with Crippen molar-refractivity contribution in [2.45, 2.75) is 26.4 Å². The number of carbonyl (C=O) groups excluding carboxylic acids is 2. The van der Waals surface area contributed by atoms with Crippen LogP contribution in [-0.2, 0) is 11.3 Å². The first kappa shape index (κ1) is 21.1. The minimum atomic E-state index is -0.280. The summed E-state index contributed by atoms with van der Waals surface area (Å²) < 4.78 is 5.09. The van der Waals surface area contributed by atoms with Crippen LogP contribution in [0.4, 0.5) is 10.5 Å². The van der Waals surface area contributed by atoms with Crippen LogP contribution in [-0.4, -0.2) is 48.1 Å². The van der Waals surface area contributed by atoms with Gasteiger partial charge in [0.15, 0.2) is 0 Å². The van der Waals surface area contributed by atoms with Gasteiger partial charge in [-0.15, -0.1) is 11.3 Å². The molecule has 146 valence electrons. The summed E-state index contributed by atoms with van der Waals surface area (Å²) in [5.74, 6) is -0.221. The number of amides is 3. The third-order valence-corrected chi connectivity index (χ3v) is 4.56. The van der Waals surface area contributed by atoms with E-state index >= 15 is 0 Å². The van der Waals surface area contributed by atoms with Gasteiger partial charge < -0.3 is 20.3 Å². The number of methoxy groups -OCH3 is 1. The second-order valence-corrected chi connectivity index (χ2v) is 7.49. The maximum atomic E-state index is 12.6. The molecule has 0 aliphatic rings. The molecular formula is C18H23ClN4O3S. The lowest BCUT2D eigenvalue weighted by Crippen LogP contribution is -2.37. The average Bonchev–Trinajstić information content (AvgIpc) is 3.08. The van der Waals surface area contributed by atoms with Gasteiger partial charge in [-0.05, 0) is 38.1 Å². The summed E-state index contributed by atoms with van der Waals surface area (Å²) in [5.41, 5.74) is 0.997. The number of halogens is 1. The summed E-state index contributed by atoms with van der Waals surface area (Å²) in [6.07, 6.45) is 0. The quantitative estimate of drug-likeness (QED) is 0.696. The third kappa shape index (κ3) is 6.82. The lowest BCUT2D eigenvalue weighted by Gasteiger charge is -2.21. The maximum absolute atomic E-state index is 12.6. The molecule has 0 atom stereocenters. The molecule has 0 saturated carbocycles. The Morgan fingerprint density at radius 1 is 1.30 bits per heavy atom. The molecule has 1 aromatic heterocycles. The zero-order valence-electron chi connectivity index (χ0n) is 15.5. The largest absolute Gasteiger partial charge is 0.383 e. The fourth-order valence-electron chi connectivity index (χ4n) is 2.18. The molecule has 0 saturated heterocycles. The van der Waals surface area contributed by atoms with Crippen LogP contribution >= 0.6 is 22.9 Å². The van der Waals surface area contributed by atoms with Crippen LogP contribution in [0.5, 0.6) is 0 Å². The summed E-state index contributed by atoms with van der Waals surface area (Å²) in [6, 6.07) is 6.62. The minimum Gasteiger partial charge on any atom is -0.383 e. The summed E-state index contributed by atoms with van der Waals surface area (Å²) in [4.78, 5) is 30.6. The van der Waals surface area contributed by atoms with Crippen LogP contribution in [0.25, 0.3) is 0 Å². The number of ether oxygens (including phenoxy) is 1. The van der Waals surface area contributed by atoms with Gasteiger partial charge in [-0.3, -0.25) is 4.79 Å². The molecule has 0 aliphatic carbocycles. The molecule has 9 heteroatoms. The van der Waals surface area contributed by atoms with E-state index in [1.165, 1.54) is 11.3 Å². The van der Waals surface area contributed by atoms with E-state index in [1.54, 1.807) is 41.7 Å². The Morgan fingerprint density at radius 3 is 2.63 bits per heavy atom. The summed E-state index contributed by atoms with van der Waals surface area (Å²) >= 11 is 7.21. The van der Waals surface area contributed by atoms with Gasteiger partial charge in [-0.2, -0.15) is 0 Å². The van der Waals surface area contributed by atoms with Crippen molar-refractivity contribution in [3.8, 4) is 0 Å². The summed E-state index contributed by atoms with van der Waals surface area (Å²) in [6.45, 7) is 4.84. The first-order valence-corrected chi connectivity index (χ1v) is 9.70. The third-order valence-electron chi connectivity index (χ3n) is 3.48. The Labute approximate surface area is 167 Å². The maximum Gasteiger partial charge on any atom is 0.322 e.